The molecule has 0 aliphatic rings. The van der Waals surface area contributed by atoms with E-state index in [2.05, 4.69) is 26.5 Å². The predicted octanol–water partition coefficient (Wildman–Crippen LogP) is 5.51. The summed E-state index contributed by atoms with van der Waals surface area (Å²) >= 11 is 3.36. The van der Waals surface area contributed by atoms with Crippen LogP contribution in [-0.2, 0) is 16.6 Å². The summed E-state index contributed by atoms with van der Waals surface area (Å²) in [7, 11) is -3.98. The van der Waals surface area contributed by atoms with E-state index in [1.165, 1.54) is 22.7 Å². The number of anilines is 1. The number of hydrogen-bond acceptors (Lipinski definition) is 5. The first-order valence-corrected chi connectivity index (χ1v) is 12.9. The van der Waals surface area contributed by atoms with Gasteiger partial charge in [-0.1, -0.05) is 60.7 Å². The van der Waals surface area contributed by atoms with E-state index in [0.717, 1.165) is 10.0 Å². The predicted molar refractivity (Wildman–Crippen MR) is 139 cm³/mol. The van der Waals surface area contributed by atoms with Crippen molar-refractivity contribution in [1.29, 1.82) is 0 Å². The molecule has 0 atom stereocenters. The van der Waals surface area contributed by atoms with Gasteiger partial charge in [-0.15, -0.1) is 0 Å². The van der Waals surface area contributed by atoms with Gasteiger partial charge in [-0.05, 0) is 52.7 Å². The second-order valence-electron chi connectivity index (χ2n) is 7.58. The normalized spacial score (nSPS) is 11.5. The van der Waals surface area contributed by atoms with Crippen molar-refractivity contribution in [3.05, 3.63) is 118 Å². The number of rotatable bonds is 8. The fourth-order valence-electron chi connectivity index (χ4n) is 3.41. The highest BCUT2D eigenvalue weighted by atomic mass is 79.9. The topological polar surface area (TPSA) is 92.0 Å². The van der Waals surface area contributed by atoms with Crippen LogP contribution in [0.2, 0.25) is 0 Å². The van der Waals surface area contributed by atoms with Crippen LogP contribution in [0.4, 0.5) is 5.69 Å². The number of halogens is 1. The minimum Gasteiger partial charge on any atom is -0.459 e. The molecule has 9 heteroatoms. The molecule has 1 N–H and O–H groups in total. The van der Waals surface area contributed by atoms with Crippen molar-refractivity contribution in [2.45, 2.75) is 18.4 Å². The van der Waals surface area contributed by atoms with Crippen molar-refractivity contribution >= 4 is 43.8 Å². The summed E-state index contributed by atoms with van der Waals surface area (Å²) in [6.45, 7) is 1.84. The molecule has 3 aromatic carbocycles. The number of nitrogens with one attached hydrogen (secondary N) is 1. The number of furan rings is 1. The number of hydrogen-bond donors (Lipinski definition) is 1. The lowest BCUT2D eigenvalue weighted by molar-refractivity contribution is 0.0955. The first-order valence-electron chi connectivity index (χ1n) is 10.7. The smallest absolute Gasteiger partial charge is 0.273 e. The maximum absolute atomic E-state index is 13.7. The monoisotopic (exact) mass is 551 g/mol. The van der Waals surface area contributed by atoms with E-state index in [4.69, 9.17) is 4.42 Å². The van der Waals surface area contributed by atoms with Gasteiger partial charge in [0, 0.05) is 6.07 Å². The molecule has 0 unspecified atom stereocenters. The van der Waals surface area contributed by atoms with Crippen LogP contribution in [0.15, 0.2) is 110 Å². The first-order chi connectivity index (χ1) is 16.9. The summed E-state index contributed by atoms with van der Waals surface area (Å²) in [6, 6.07) is 25.6. The van der Waals surface area contributed by atoms with E-state index in [0.29, 0.717) is 11.5 Å². The number of carbonyl (C=O) groups is 1. The van der Waals surface area contributed by atoms with Gasteiger partial charge >= 0.3 is 0 Å². The first kappa shape index (κ1) is 24.4. The molecule has 1 heterocycles. The lowest BCUT2D eigenvalue weighted by atomic mass is 10.1. The fraction of sp³-hybridized carbons (Fsp3) is 0.0769. The highest BCUT2D eigenvalue weighted by Gasteiger charge is 2.28. The van der Waals surface area contributed by atoms with E-state index in [9.17, 15) is 13.2 Å². The van der Waals surface area contributed by atoms with Crippen LogP contribution in [0, 0.1) is 6.92 Å². The summed E-state index contributed by atoms with van der Waals surface area (Å²) in [5, 5.41) is 3.97. The molecule has 0 saturated carbocycles. The number of para-hydroxylation sites is 1. The Hall–Kier alpha value is -3.69. The maximum atomic E-state index is 13.7. The van der Waals surface area contributed by atoms with E-state index in [1.54, 1.807) is 55.5 Å². The minimum absolute atomic E-state index is 0.0470. The highest BCUT2D eigenvalue weighted by Crippen LogP contribution is 2.29. The van der Waals surface area contributed by atoms with Crippen LogP contribution >= 0.6 is 15.9 Å². The molecule has 178 valence electrons. The SMILES string of the molecule is Cc1oc(C=NNC(=O)c2ccccc2N(Cc2ccccc2)S(=O)(=O)c2ccccc2)cc1Br. The Balaban J connectivity index is 1.69. The van der Waals surface area contributed by atoms with E-state index < -0.39 is 15.9 Å². The average Bonchev–Trinajstić information content (AvgIpc) is 3.20. The number of aryl methyl sites for hydroxylation is 1. The summed E-state index contributed by atoms with van der Waals surface area (Å²) in [5.74, 6) is 0.589. The molecule has 0 fully saturated rings. The zero-order valence-electron chi connectivity index (χ0n) is 18.8. The number of amides is 1. The molecule has 0 radical (unpaired) electrons. The third-order valence-corrected chi connectivity index (χ3v) is 7.71. The molecule has 0 aliphatic heterocycles. The van der Waals surface area contributed by atoms with E-state index >= 15 is 0 Å². The molecule has 35 heavy (non-hydrogen) atoms. The molecular weight excluding hydrogens is 530 g/mol. The largest absolute Gasteiger partial charge is 0.459 e. The Kier molecular flexibility index (Phi) is 7.48. The Bertz CT molecular complexity index is 1430. The van der Waals surface area contributed by atoms with Crippen LogP contribution < -0.4 is 9.73 Å². The Labute approximate surface area is 212 Å². The van der Waals surface area contributed by atoms with Gasteiger partial charge < -0.3 is 4.42 Å². The molecule has 0 bridgehead atoms. The molecule has 4 rings (SSSR count). The van der Waals surface area contributed by atoms with Crippen molar-refractivity contribution in [2.24, 2.45) is 5.10 Å². The third-order valence-electron chi connectivity index (χ3n) is 5.15. The van der Waals surface area contributed by atoms with Crippen molar-refractivity contribution < 1.29 is 17.6 Å². The number of benzene rings is 3. The number of nitrogens with zero attached hydrogens (tertiary/aromatic N) is 2. The number of carbonyl (C=O) groups excluding carboxylic acids is 1. The lowest BCUT2D eigenvalue weighted by Gasteiger charge is -2.26. The molecular formula is C26H22BrN3O4S. The van der Waals surface area contributed by atoms with Gasteiger partial charge in [0.2, 0.25) is 0 Å². The van der Waals surface area contributed by atoms with Gasteiger partial charge in [0.25, 0.3) is 15.9 Å². The standard InChI is InChI=1S/C26H22BrN3O4S/c1-19-24(27)16-21(34-19)17-28-29-26(31)23-14-8-9-15-25(23)30(18-20-10-4-2-5-11-20)35(32,33)22-12-6-3-7-13-22/h2-17H,18H2,1H3,(H,29,31). The molecule has 7 nitrogen and oxygen atoms in total. The van der Waals surface area contributed by atoms with Crippen LogP contribution in [0.3, 0.4) is 0 Å². The van der Waals surface area contributed by atoms with Crippen LogP contribution in [-0.4, -0.2) is 20.5 Å². The van der Waals surface area contributed by atoms with Gasteiger partial charge in [0.15, 0.2) is 0 Å². The Morgan fingerprint density at radius 3 is 2.29 bits per heavy atom. The van der Waals surface area contributed by atoms with Gasteiger partial charge in [-0.25, -0.2) is 13.8 Å². The summed E-state index contributed by atoms with van der Waals surface area (Å²) in [4.78, 5) is 13.2. The second kappa shape index (κ2) is 10.7. The zero-order chi connectivity index (χ0) is 24.8. The van der Waals surface area contributed by atoms with Crippen LogP contribution in [0.25, 0.3) is 0 Å². The number of hydrazone groups is 1. The number of sulfonamides is 1. The third kappa shape index (κ3) is 5.70. The van der Waals surface area contributed by atoms with Crippen molar-refractivity contribution in [1.82, 2.24) is 5.43 Å². The molecule has 0 aliphatic carbocycles. The molecule has 0 saturated heterocycles. The molecule has 0 spiro atoms. The van der Waals surface area contributed by atoms with Crippen LogP contribution in [0.1, 0.15) is 27.4 Å². The van der Waals surface area contributed by atoms with Crippen molar-refractivity contribution in [3.8, 4) is 0 Å². The fourth-order valence-corrected chi connectivity index (χ4v) is 5.21. The van der Waals surface area contributed by atoms with Crippen molar-refractivity contribution in [2.75, 3.05) is 4.31 Å². The Morgan fingerprint density at radius 2 is 1.63 bits per heavy atom. The van der Waals surface area contributed by atoms with Crippen molar-refractivity contribution in [3.63, 3.8) is 0 Å². The van der Waals surface area contributed by atoms with Gasteiger partial charge in [0.05, 0.1) is 33.4 Å². The quantitative estimate of drug-likeness (QED) is 0.231. The van der Waals surface area contributed by atoms with Crippen LogP contribution in [0.5, 0.6) is 0 Å². The van der Waals surface area contributed by atoms with E-state index in [1.807, 2.05) is 30.3 Å². The molecule has 4 aromatic rings. The zero-order valence-corrected chi connectivity index (χ0v) is 21.2. The van der Waals surface area contributed by atoms with Gasteiger partial charge in [-0.3, -0.25) is 9.10 Å². The minimum atomic E-state index is -3.98. The van der Waals surface area contributed by atoms with Gasteiger partial charge in [0.1, 0.15) is 11.5 Å². The highest BCUT2D eigenvalue weighted by molar-refractivity contribution is 9.10. The summed E-state index contributed by atoms with van der Waals surface area (Å²) in [5.41, 5.74) is 3.64. The average molecular weight is 552 g/mol. The molecule has 1 amide bonds. The van der Waals surface area contributed by atoms with Gasteiger partial charge in [-0.2, -0.15) is 5.10 Å². The summed E-state index contributed by atoms with van der Waals surface area (Å²) < 4.78 is 34.9. The molecule has 1 aromatic heterocycles. The maximum Gasteiger partial charge on any atom is 0.273 e. The van der Waals surface area contributed by atoms with E-state index in [-0.39, 0.29) is 22.7 Å². The lowest BCUT2D eigenvalue weighted by Crippen LogP contribution is -2.33. The summed E-state index contributed by atoms with van der Waals surface area (Å²) in [6.07, 6.45) is 1.38. The second-order valence-corrected chi connectivity index (χ2v) is 10.3. The Morgan fingerprint density at radius 1 is 1.00 bits per heavy atom.